The number of fused-ring (bicyclic) bond motifs is 1. The number of rotatable bonds is 3. The lowest BCUT2D eigenvalue weighted by Crippen LogP contribution is -2.38. The van der Waals surface area contributed by atoms with Crippen molar-refractivity contribution in [1.82, 2.24) is 10.3 Å². The van der Waals surface area contributed by atoms with Crippen LogP contribution in [0.5, 0.6) is 0 Å². The third-order valence-electron chi connectivity index (χ3n) is 4.24. The zero-order chi connectivity index (χ0) is 15.7. The van der Waals surface area contributed by atoms with Crippen LogP contribution < -0.4 is 5.32 Å². The van der Waals surface area contributed by atoms with E-state index in [0.717, 1.165) is 15.4 Å². The number of carbonyl (C=O) groups excluding carboxylic acids is 1. The summed E-state index contributed by atoms with van der Waals surface area (Å²) >= 11 is 3.41. The summed E-state index contributed by atoms with van der Waals surface area (Å²) in [6, 6.07) is 7.71. The standard InChI is InChI=1S/C16H17BrN2O3/c17-11-4-1-10-7-14(19-13(10)8-11)15(20)18-12-5-2-9(3-6-12)16(21)22/h1,4,7-9,12,19H,2-3,5-6H2,(H,18,20)(H,21,22). The quantitative estimate of drug-likeness (QED) is 0.781. The van der Waals surface area contributed by atoms with Gasteiger partial charge in [-0.2, -0.15) is 0 Å². The van der Waals surface area contributed by atoms with Gasteiger partial charge in [-0.3, -0.25) is 9.59 Å². The second-order valence-corrected chi connectivity index (χ2v) is 6.69. The summed E-state index contributed by atoms with van der Waals surface area (Å²) in [4.78, 5) is 26.4. The van der Waals surface area contributed by atoms with Gasteiger partial charge in [0.25, 0.3) is 5.91 Å². The number of benzene rings is 1. The average Bonchev–Trinajstić information content (AvgIpc) is 2.91. The van der Waals surface area contributed by atoms with Crippen LogP contribution in [0.15, 0.2) is 28.7 Å². The second kappa shape index (κ2) is 6.12. The molecular weight excluding hydrogens is 348 g/mol. The molecule has 1 heterocycles. The van der Waals surface area contributed by atoms with Crippen LogP contribution in [-0.4, -0.2) is 28.0 Å². The van der Waals surface area contributed by atoms with Gasteiger partial charge in [0, 0.05) is 21.4 Å². The number of carbonyl (C=O) groups is 2. The molecule has 1 fully saturated rings. The molecule has 0 unspecified atom stereocenters. The van der Waals surface area contributed by atoms with Crippen molar-refractivity contribution in [3.8, 4) is 0 Å². The summed E-state index contributed by atoms with van der Waals surface area (Å²) in [7, 11) is 0. The molecule has 1 aromatic heterocycles. The Morgan fingerprint density at radius 2 is 1.91 bits per heavy atom. The first-order valence-electron chi connectivity index (χ1n) is 7.35. The van der Waals surface area contributed by atoms with Crippen LogP contribution >= 0.6 is 15.9 Å². The van der Waals surface area contributed by atoms with Gasteiger partial charge >= 0.3 is 5.97 Å². The Morgan fingerprint density at radius 1 is 1.18 bits per heavy atom. The highest BCUT2D eigenvalue weighted by Crippen LogP contribution is 2.25. The van der Waals surface area contributed by atoms with Gasteiger partial charge in [0.15, 0.2) is 0 Å². The largest absolute Gasteiger partial charge is 0.481 e. The van der Waals surface area contributed by atoms with Crippen molar-refractivity contribution in [1.29, 1.82) is 0 Å². The van der Waals surface area contributed by atoms with Gasteiger partial charge in [0.1, 0.15) is 5.69 Å². The number of aromatic nitrogens is 1. The molecule has 0 radical (unpaired) electrons. The fourth-order valence-electron chi connectivity index (χ4n) is 2.97. The average molecular weight is 365 g/mol. The highest BCUT2D eigenvalue weighted by molar-refractivity contribution is 9.10. The molecule has 2 aromatic rings. The fourth-order valence-corrected chi connectivity index (χ4v) is 3.33. The zero-order valence-corrected chi connectivity index (χ0v) is 13.5. The van der Waals surface area contributed by atoms with Gasteiger partial charge in [-0.15, -0.1) is 0 Å². The van der Waals surface area contributed by atoms with Crippen LogP contribution in [0.25, 0.3) is 10.9 Å². The van der Waals surface area contributed by atoms with Gasteiger partial charge in [-0.25, -0.2) is 0 Å². The first-order chi connectivity index (χ1) is 10.5. The Labute approximate surface area is 136 Å². The molecule has 1 amide bonds. The van der Waals surface area contributed by atoms with Gasteiger partial charge in [-0.1, -0.05) is 22.0 Å². The number of carboxylic acids is 1. The summed E-state index contributed by atoms with van der Waals surface area (Å²) in [6.45, 7) is 0. The van der Waals surface area contributed by atoms with E-state index < -0.39 is 5.97 Å². The summed E-state index contributed by atoms with van der Waals surface area (Å²) in [5.41, 5.74) is 1.45. The highest BCUT2D eigenvalue weighted by Gasteiger charge is 2.27. The molecule has 1 aromatic carbocycles. The predicted molar refractivity (Wildman–Crippen MR) is 86.8 cm³/mol. The molecule has 3 rings (SSSR count). The van der Waals surface area contributed by atoms with Crippen LogP contribution in [0, 0.1) is 5.92 Å². The molecule has 5 nitrogen and oxygen atoms in total. The Balaban J connectivity index is 1.65. The second-order valence-electron chi connectivity index (χ2n) is 5.77. The minimum absolute atomic E-state index is 0.0567. The number of hydrogen-bond acceptors (Lipinski definition) is 2. The smallest absolute Gasteiger partial charge is 0.306 e. The molecule has 3 N–H and O–H groups in total. The number of H-pyrrole nitrogens is 1. The molecule has 0 saturated heterocycles. The summed E-state index contributed by atoms with van der Waals surface area (Å²) in [5, 5.41) is 13.0. The maximum Gasteiger partial charge on any atom is 0.306 e. The van der Waals surface area contributed by atoms with E-state index in [1.165, 1.54) is 0 Å². The van der Waals surface area contributed by atoms with Crippen molar-refractivity contribution in [3.05, 3.63) is 34.4 Å². The van der Waals surface area contributed by atoms with Crippen LogP contribution in [-0.2, 0) is 4.79 Å². The molecular formula is C16H17BrN2O3. The van der Waals surface area contributed by atoms with E-state index in [2.05, 4.69) is 26.2 Å². The Morgan fingerprint density at radius 3 is 2.59 bits per heavy atom. The minimum atomic E-state index is -0.731. The summed E-state index contributed by atoms with van der Waals surface area (Å²) in [6.07, 6.45) is 2.68. The number of aliphatic carboxylic acids is 1. The topological polar surface area (TPSA) is 82.2 Å². The molecule has 1 aliphatic carbocycles. The molecule has 0 spiro atoms. The lowest BCUT2D eigenvalue weighted by atomic mass is 9.86. The highest BCUT2D eigenvalue weighted by atomic mass is 79.9. The molecule has 6 heteroatoms. The normalized spacial score (nSPS) is 21.7. The number of halogens is 1. The SMILES string of the molecule is O=C(NC1CCC(C(=O)O)CC1)c1cc2ccc(Br)cc2[nH]1. The molecule has 1 saturated carbocycles. The van der Waals surface area contributed by atoms with Crippen molar-refractivity contribution < 1.29 is 14.7 Å². The van der Waals surface area contributed by atoms with Gasteiger partial charge in [0.2, 0.25) is 0 Å². The third kappa shape index (κ3) is 3.16. The maximum atomic E-state index is 12.3. The third-order valence-corrected chi connectivity index (χ3v) is 4.73. The van der Waals surface area contributed by atoms with E-state index in [-0.39, 0.29) is 17.9 Å². The monoisotopic (exact) mass is 364 g/mol. The molecule has 0 atom stereocenters. The lowest BCUT2D eigenvalue weighted by Gasteiger charge is -2.26. The Bertz CT molecular complexity index is 717. The van der Waals surface area contributed by atoms with Crippen LogP contribution in [0.1, 0.15) is 36.2 Å². The van der Waals surface area contributed by atoms with Crippen molar-refractivity contribution in [2.24, 2.45) is 5.92 Å². The number of amides is 1. The maximum absolute atomic E-state index is 12.3. The number of hydrogen-bond donors (Lipinski definition) is 3. The van der Waals surface area contributed by atoms with Crippen molar-refractivity contribution in [2.75, 3.05) is 0 Å². The number of nitrogens with one attached hydrogen (secondary N) is 2. The molecule has 116 valence electrons. The molecule has 22 heavy (non-hydrogen) atoms. The number of carboxylic acid groups (broad SMARTS) is 1. The number of aromatic amines is 1. The van der Waals surface area contributed by atoms with Crippen molar-refractivity contribution in [2.45, 2.75) is 31.7 Å². The van der Waals surface area contributed by atoms with E-state index in [9.17, 15) is 9.59 Å². The summed E-state index contributed by atoms with van der Waals surface area (Å²) < 4.78 is 0.959. The van der Waals surface area contributed by atoms with E-state index in [1.54, 1.807) is 0 Å². The van der Waals surface area contributed by atoms with Gasteiger partial charge in [-0.05, 0) is 43.9 Å². The van der Waals surface area contributed by atoms with Crippen LogP contribution in [0.3, 0.4) is 0 Å². The first-order valence-corrected chi connectivity index (χ1v) is 8.14. The lowest BCUT2D eigenvalue weighted by molar-refractivity contribution is -0.142. The van der Waals surface area contributed by atoms with Gasteiger partial charge < -0.3 is 15.4 Å². The molecule has 0 aliphatic heterocycles. The zero-order valence-electron chi connectivity index (χ0n) is 11.9. The molecule has 1 aliphatic rings. The Hall–Kier alpha value is -1.82. The Kier molecular flexibility index (Phi) is 4.20. The predicted octanol–water partition coefficient (Wildman–Crippen LogP) is 3.30. The van der Waals surface area contributed by atoms with E-state index in [4.69, 9.17) is 5.11 Å². The van der Waals surface area contributed by atoms with Crippen LogP contribution in [0.2, 0.25) is 0 Å². The summed E-state index contributed by atoms with van der Waals surface area (Å²) in [5.74, 6) is -1.13. The minimum Gasteiger partial charge on any atom is -0.481 e. The van der Waals surface area contributed by atoms with E-state index >= 15 is 0 Å². The van der Waals surface area contributed by atoms with E-state index in [0.29, 0.717) is 31.4 Å². The van der Waals surface area contributed by atoms with Crippen molar-refractivity contribution >= 4 is 38.7 Å². The van der Waals surface area contributed by atoms with Crippen molar-refractivity contribution in [3.63, 3.8) is 0 Å². The first kappa shape index (κ1) is 15.1. The van der Waals surface area contributed by atoms with Gasteiger partial charge in [0.05, 0.1) is 5.92 Å². The van der Waals surface area contributed by atoms with E-state index in [1.807, 2.05) is 24.3 Å². The van der Waals surface area contributed by atoms with Crippen LogP contribution in [0.4, 0.5) is 0 Å². The molecule has 0 bridgehead atoms. The fraction of sp³-hybridized carbons (Fsp3) is 0.375.